The molecular weight excluding hydrogens is 212 g/mol. The van der Waals surface area contributed by atoms with E-state index in [0.717, 1.165) is 42.9 Å². The molecule has 1 saturated heterocycles. The Morgan fingerprint density at radius 1 is 1.18 bits per heavy atom. The van der Waals surface area contributed by atoms with Gasteiger partial charge in [0.05, 0.1) is 0 Å². The van der Waals surface area contributed by atoms with Crippen molar-refractivity contribution in [3.63, 3.8) is 0 Å². The monoisotopic (exact) mass is 230 g/mol. The number of aryl methyl sites for hydroxylation is 2. The zero-order valence-electron chi connectivity index (χ0n) is 10.4. The number of nitrogens with one attached hydrogen (secondary N) is 1. The molecule has 3 nitrogen and oxygen atoms in total. The van der Waals surface area contributed by atoms with Crippen LogP contribution in [0.3, 0.4) is 0 Å². The average molecular weight is 230 g/mol. The van der Waals surface area contributed by atoms with Gasteiger partial charge < -0.3 is 9.73 Å². The first-order valence-electron chi connectivity index (χ1n) is 6.33. The summed E-state index contributed by atoms with van der Waals surface area (Å²) >= 11 is 0. The van der Waals surface area contributed by atoms with Crippen molar-refractivity contribution in [2.24, 2.45) is 0 Å². The summed E-state index contributed by atoms with van der Waals surface area (Å²) in [7, 11) is 0. The highest BCUT2D eigenvalue weighted by Gasteiger charge is 2.21. The number of aromatic nitrogens is 1. The predicted molar refractivity (Wildman–Crippen MR) is 68.3 cm³/mol. The molecule has 2 heterocycles. The number of nitrogens with zero attached hydrogens (tertiary/aromatic N) is 1. The van der Waals surface area contributed by atoms with E-state index in [9.17, 15) is 0 Å². The lowest BCUT2D eigenvalue weighted by Crippen LogP contribution is -2.26. The average Bonchev–Trinajstić information content (AvgIpc) is 2.81. The molecule has 1 aliphatic heterocycles. The molecule has 0 unspecified atom stereocenters. The third-order valence-corrected chi connectivity index (χ3v) is 3.65. The van der Waals surface area contributed by atoms with E-state index in [0.29, 0.717) is 5.92 Å². The van der Waals surface area contributed by atoms with Gasteiger partial charge in [0.1, 0.15) is 5.52 Å². The fraction of sp³-hybridized carbons (Fsp3) is 0.500. The van der Waals surface area contributed by atoms with Crippen LogP contribution in [0.1, 0.15) is 35.8 Å². The fourth-order valence-corrected chi connectivity index (χ4v) is 2.52. The third-order valence-electron chi connectivity index (χ3n) is 3.65. The van der Waals surface area contributed by atoms with E-state index >= 15 is 0 Å². The zero-order chi connectivity index (χ0) is 11.8. The molecular formula is C14H18N2O. The van der Waals surface area contributed by atoms with Crippen molar-refractivity contribution in [2.75, 3.05) is 13.1 Å². The molecule has 0 spiro atoms. The summed E-state index contributed by atoms with van der Waals surface area (Å²) in [5.41, 5.74) is 4.39. The second-order valence-corrected chi connectivity index (χ2v) is 4.95. The minimum absolute atomic E-state index is 0.488. The van der Waals surface area contributed by atoms with Gasteiger partial charge in [0, 0.05) is 5.92 Å². The van der Waals surface area contributed by atoms with Crippen LogP contribution >= 0.6 is 0 Å². The number of fused-ring (bicyclic) bond motifs is 1. The van der Waals surface area contributed by atoms with Crippen LogP contribution in [-0.4, -0.2) is 18.1 Å². The number of hydrogen-bond acceptors (Lipinski definition) is 3. The number of benzene rings is 1. The molecule has 90 valence electrons. The second kappa shape index (κ2) is 4.15. The molecule has 1 aromatic carbocycles. The summed E-state index contributed by atoms with van der Waals surface area (Å²) in [6, 6.07) is 4.22. The van der Waals surface area contributed by atoms with Gasteiger partial charge in [-0.3, -0.25) is 0 Å². The van der Waals surface area contributed by atoms with Crippen molar-refractivity contribution >= 4 is 11.1 Å². The molecule has 17 heavy (non-hydrogen) atoms. The Labute approximate surface area is 101 Å². The van der Waals surface area contributed by atoms with E-state index in [1.54, 1.807) is 0 Å². The fourth-order valence-electron chi connectivity index (χ4n) is 2.52. The summed E-state index contributed by atoms with van der Waals surface area (Å²) < 4.78 is 5.98. The normalized spacial score (nSPS) is 17.8. The van der Waals surface area contributed by atoms with Crippen LogP contribution in [0.15, 0.2) is 16.5 Å². The molecule has 1 aliphatic rings. The van der Waals surface area contributed by atoms with Crippen LogP contribution in [-0.2, 0) is 0 Å². The smallest absolute Gasteiger partial charge is 0.198 e. The van der Waals surface area contributed by atoms with E-state index in [2.05, 4.69) is 31.3 Å². The Morgan fingerprint density at radius 3 is 2.59 bits per heavy atom. The number of hydrogen-bond donors (Lipinski definition) is 1. The van der Waals surface area contributed by atoms with Gasteiger partial charge in [-0.1, -0.05) is 12.1 Å². The molecule has 1 N–H and O–H groups in total. The van der Waals surface area contributed by atoms with Crippen molar-refractivity contribution in [3.05, 3.63) is 29.2 Å². The van der Waals surface area contributed by atoms with Crippen molar-refractivity contribution in [1.82, 2.24) is 10.3 Å². The predicted octanol–water partition coefficient (Wildman–Crippen LogP) is 2.91. The number of oxazole rings is 1. The first-order chi connectivity index (χ1) is 8.25. The van der Waals surface area contributed by atoms with E-state index in [-0.39, 0.29) is 0 Å². The summed E-state index contributed by atoms with van der Waals surface area (Å²) in [5, 5.41) is 3.37. The van der Waals surface area contributed by atoms with Crippen molar-refractivity contribution in [2.45, 2.75) is 32.6 Å². The first kappa shape index (κ1) is 10.8. The Kier molecular flexibility index (Phi) is 2.63. The highest BCUT2D eigenvalue weighted by molar-refractivity contribution is 5.79. The second-order valence-electron chi connectivity index (χ2n) is 4.95. The molecule has 0 atom stereocenters. The minimum atomic E-state index is 0.488. The molecule has 0 aliphatic carbocycles. The maximum Gasteiger partial charge on any atom is 0.198 e. The molecule has 0 amide bonds. The van der Waals surface area contributed by atoms with E-state index in [1.165, 1.54) is 11.1 Å². The Balaban J connectivity index is 2.06. The molecule has 3 rings (SSSR count). The number of rotatable bonds is 1. The SMILES string of the molecule is Cc1ccc(C)c2oc(C3CCNCC3)nc12. The topological polar surface area (TPSA) is 38.1 Å². The lowest BCUT2D eigenvalue weighted by atomic mass is 9.98. The van der Waals surface area contributed by atoms with Crippen LogP contribution in [0.2, 0.25) is 0 Å². The third kappa shape index (κ3) is 1.84. The summed E-state index contributed by atoms with van der Waals surface area (Å²) in [5.74, 6) is 1.42. The zero-order valence-corrected chi connectivity index (χ0v) is 10.4. The highest BCUT2D eigenvalue weighted by atomic mass is 16.3. The van der Waals surface area contributed by atoms with Crippen molar-refractivity contribution in [1.29, 1.82) is 0 Å². The lowest BCUT2D eigenvalue weighted by molar-refractivity contribution is 0.385. The summed E-state index contributed by atoms with van der Waals surface area (Å²) in [6.07, 6.45) is 2.26. The van der Waals surface area contributed by atoms with Crippen LogP contribution in [0.5, 0.6) is 0 Å². The van der Waals surface area contributed by atoms with E-state index in [1.807, 2.05) is 0 Å². The van der Waals surface area contributed by atoms with Gasteiger partial charge in [-0.2, -0.15) is 0 Å². The highest BCUT2D eigenvalue weighted by Crippen LogP contribution is 2.30. The molecule has 2 aromatic rings. The number of piperidine rings is 1. The Bertz CT molecular complexity index is 499. The minimum Gasteiger partial charge on any atom is -0.440 e. The van der Waals surface area contributed by atoms with Gasteiger partial charge in [0.15, 0.2) is 11.5 Å². The summed E-state index contributed by atoms with van der Waals surface area (Å²) in [4.78, 5) is 4.70. The van der Waals surface area contributed by atoms with Gasteiger partial charge in [-0.05, 0) is 50.9 Å². The van der Waals surface area contributed by atoms with Gasteiger partial charge >= 0.3 is 0 Å². The van der Waals surface area contributed by atoms with Crippen LogP contribution in [0.25, 0.3) is 11.1 Å². The largest absolute Gasteiger partial charge is 0.440 e. The standard InChI is InChI=1S/C14H18N2O/c1-9-3-4-10(2)13-12(9)16-14(17-13)11-5-7-15-8-6-11/h3-4,11,15H,5-8H2,1-2H3. The van der Waals surface area contributed by atoms with Gasteiger partial charge in [0.25, 0.3) is 0 Å². The molecule has 0 bridgehead atoms. The Hall–Kier alpha value is -1.35. The van der Waals surface area contributed by atoms with Crippen LogP contribution < -0.4 is 5.32 Å². The molecule has 1 fully saturated rings. The molecule has 1 aromatic heterocycles. The van der Waals surface area contributed by atoms with Gasteiger partial charge in [0.2, 0.25) is 0 Å². The maximum absolute atomic E-state index is 5.98. The lowest BCUT2D eigenvalue weighted by Gasteiger charge is -2.19. The maximum atomic E-state index is 5.98. The molecule has 0 radical (unpaired) electrons. The van der Waals surface area contributed by atoms with E-state index in [4.69, 9.17) is 9.40 Å². The van der Waals surface area contributed by atoms with E-state index < -0.39 is 0 Å². The Morgan fingerprint density at radius 2 is 1.88 bits per heavy atom. The summed E-state index contributed by atoms with van der Waals surface area (Å²) in [6.45, 7) is 6.32. The first-order valence-corrected chi connectivity index (χ1v) is 6.33. The molecule has 3 heteroatoms. The van der Waals surface area contributed by atoms with Gasteiger partial charge in [-0.15, -0.1) is 0 Å². The van der Waals surface area contributed by atoms with Crippen molar-refractivity contribution in [3.8, 4) is 0 Å². The van der Waals surface area contributed by atoms with Crippen molar-refractivity contribution < 1.29 is 4.42 Å². The van der Waals surface area contributed by atoms with Crippen LogP contribution in [0.4, 0.5) is 0 Å². The molecule has 0 saturated carbocycles. The van der Waals surface area contributed by atoms with Gasteiger partial charge in [-0.25, -0.2) is 4.98 Å². The quantitative estimate of drug-likeness (QED) is 0.818. The van der Waals surface area contributed by atoms with Crippen LogP contribution in [0, 0.1) is 13.8 Å².